The van der Waals surface area contributed by atoms with Crippen molar-refractivity contribution in [3.05, 3.63) is 0 Å². The summed E-state index contributed by atoms with van der Waals surface area (Å²) in [6.45, 7) is 3.84. The van der Waals surface area contributed by atoms with E-state index < -0.39 is 60.2 Å². The molecule has 12 heteroatoms. The van der Waals surface area contributed by atoms with E-state index in [0.29, 0.717) is 31.6 Å². The second-order valence-electron chi connectivity index (χ2n) is 8.14. The number of likely N-dealkylation sites (tertiary alicyclic amines) is 1. The molecule has 4 unspecified atom stereocenters. The third-order valence-electron chi connectivity index (χ3n) is 5.30. The van der Waals surface area contributed by atoms with Crippen LogP contribution in [0.15, 0.2) is 0 Å². The number of nitrogens with two attached hydrogens (primary N) is 1. The van der Waals surface area contributed by atoms with Crippen molar-refractivity contribution in [3.8, 4) is 0 Å². The van der Waals surface area contributed by atoms with Crippen LogP contribution in [0.3, 0.4) is 0 Å². The fraction of sp³-hybridized carbons (Fsp3) is 0.750. The van der Waals surface area contributed by atoms with Gasteiger partial charge in [-0.2, -0.15) is 11.8 Å². The zero-order chi connectivity index (χ0) is 24.4. The molecule has 1 heterocycles. The minimum absolute atomic E-state index is 0.258. The van der Waals surface area contributed by atoms with Gasteiger partial charge in [0.05, 0.1) is 6.04 Å². The summed E-state index contributed by atoms with van der Waals surface area (Å²) in [6, 6.07) is -3.89. The molecular weight excluding hydrogens is 440 g/mol. The van der Waals surface area contributed by atoms with Gasteiger partial charge in [0, 0.05) is 13.0 Å². The van der Waals surface area contributed by atoms with Gasteiger partial charge in [-0.15, -0.1) is 0 Å². The Labute approximate surface area is 191 Å². The Morgan fingerprint density at radius 2 is 1.78 bits per heavy atom. The molecule has 1 aliphatic rings. The lowest BCUT2D eigenvalue weighted by Gasteiger charge is -2.31. The van der Waals surface area contributed by atoms with Gasteiger partial charge in [0.25, 0.3) is 0 Å². The molecule has 0 bridgehead atoms. The Morgan fingerprint density at radius 1 is 1.12 bits per heavy atom. The smallest absolute Gasteiger partial charge is 0.326 e. The minimum atomic E-state index is -1.37. The van der Waals surface area contributed by atoms with E-state index in [1.54, 1.807) is 25.6 Å². The normalized spacial score (nSPS) is 18.7. The van der Waals surface area contributed by atoms with Gasteiger partial charge >= 0.3 is 11.9 Å². The van der Waals surface area contributed by atoms with Crippen molar-refractivity contribution in [3.63, 3.8) is 0 Å². The highest BCUT2D eigenvalue weighted by Gasteiger charge is 2.40. The number of aliphatic carboxylic acids is 2. The van der Waals surface area contributed by atoms with E-state index in [2.05, 4.69) is 10.6 Å². The first-order chi connectivity index (χ1) is 15.0. The molecular formula is C20H34N4O7S. The SMILES string of the molecule is CSCCC(N)C(=O)NC(C(=O)N1CCCC1C(=O)NC(CCC(=O)O)C(=O)O)C(C)C. The van der Waals surface area contributed by atoms with Crippen molar-refractivity contribution in [2.24, 2.45) is 11.7 Å². The molecule has 6 N–H and O–H groups in total. The highest BCUT2D eigenvalue weighted by molar-refractivity contribution is 7.98. The van der Waals surface area contributed by atoms with Gasteiger partial charge in [-0.05, 0) is 43.6 Å². The Balaban J connectivity index is 2.87. The number of carbonyl (C=O) groups is 5. The van der Waals surface area contributed by atoms with Gasteiger partial charge in [0.1, 0.15) is 18.1 Å². The Morgan fingerprint density at radius 3 is 2.31 bits per heavy atom. The predicted octanol–water partition coefficient (Wildman–Crippen LogP) is -0.367. The van der Waals surface area contributed by atoms with Crippen molar-refractivity contribution < 1.29 is 34.2 Å². The van der Waals surface area contributed by atoms with E-state index in [0.717, 1.165) is 0 Å². The number of hydrogen-bond donors (Lipinski definition) is 5. The molecule has 1 aliphatic heterocycles. The minimum Gasteiger partial charge on any atom is -0.481 e. The van der Waals surface area contributed by atoms with Crippen molar-refractivity contribution >= 4 is 41.4 Å². The molecule has 11 nitrogen and oxygen atoms in total. The molecule has 0 radical (unpaired) electrons. The maximum Gasteiger partial charge on any atom is 0.326 e. The van der Waals surface area contributed by atoms with Gasteiger partial charge in [-0.3, -0.25) is 19.2 Å². The summed E-state index contributed by atoms with van der Waals surface area (Å²) in [5.74, 6) is -3.59. The number of thioether (sulfide) groups is 1. The van der Waals surface area contributed by atoms with Crippen molar-refractivity contribution in [1.29, 1.82) is 0 Å². The topological polar surface area (TPSA) is 179 Å². The molecule has 32 heavy (non-hydrogen) atoms. The molecule has 0 aromatic rings. The first-order valence-electron chi connectivity index (χ1n) is 10.6. The lowest BCUT2D eigenvalue weighted by Crippen LogP contribution is -2.58. The van der Waals surface area contributed by atoms with E-state index in [4.69, 9.17) is 10.8 Å². The quantitative estimate of drug-likeness (QED) is 0.238. The molecule has 182 valence electrons. The van der Waals surface area contributed by atoms with Crippen LogP contribution < -0.4 is 16.4 Å². The largest absolute Gasteiger partial charge is 0.481 e. The molecule has 0 aliphatic carbocycles. The van der Waals surface area contributed by atoms with Gasteiger partial charge in [0.2, 0.25) is 17.7 Å². The number of nitrogens with zero attached hydrogens (tertiary/aromatic N) is 1. The predicted molar refractivity (Wildman–Crippen MR) is 119 cm³/mol. The number of rotatable bonds is 13. The maximum absolute atomic E-state index is 13.2. The molecule has 1 fully saturated rings. The van der Waals surface area contributed by atoms with Crippen LogP contribution in [-0.2, 0) is 24.0 Å². The number of nitrogens with one attached hydrogen (secondary N) is 2. The van der Waals surface area contributed by atoms with Gasteiger partial charge in [-0.25, -0.2) is 4.79 Å². The molecule has 0 saturated carbocycles. The van der Waals surface area contributed by atoms with Gasteiger partial charge < -0.3 is 31.5 Å². The number of hydrogen-bond acceptors (Lipinski definition) is 7. The number of carbonyl (C=O) groups excluding carboxylic acids is 3. The summed E-state index contributed by atoms with van der Waals surface area (Å²) in [7, 11) is 0. The molecule has 0 aromatic carbocycles. The van der Waals surface area contributed by atoms with Crippen LogP contribution in [0.4, 0.5) is 0 Å². The maximum atomic E-state index is 13.2. The van der Waals surface area contributed by atoms with E-state index in [-0.39, 0.29) is 12.3 Å². The molecule has 0 aromatic heterocycles. The average molecular weight is 475 g/mol. The lowest BCUT2D eigenvalue weighted by atomic mass is 10.0. The zero-order valence-electron chi connectivity index (χ0n) is 18.7. The molecule has 1 rings (SSSR count). The average Bonchev–Trinajstić information content (AvgIpc) is 3.21. The van der Waals surface area contributed by atoms with Crippen LogP contribution in [0.1, 0.15) is 46.0 Å². The molecule has 3 amide bonds. The lowest BCUT2D eigenvalue weighted by molar-refractivity contribution is -0.146. The van der Waals surface area contributed by atoms with E-state index >= 15 is 0 Å². The van der Waals surface area contributed by atoms with Crippen LogP contribution in [0.25, 0.3) is 0 Å². The highest BCUT2D eigenvalue weighted by atomic mass is 32.2. The zero-order valence-corrected chi connectivity index (χ0v) is 19.5. The highest BCUT2D eigenvalue weighted by Crippen LogP contribution is 2.21. The second kappa shape index (κ2) is 13.3. The number of carboxylic acids is 2. The van der Waals surface area contributed by atoms with Crippen LogP contribution in [0, 0.1) is 5.92 Å². The van der Waals surface area contributed by atoms with Crippen molar-refractivity contribution in [1.82, 2.24) is 15.5 Å². The van der Waals surface area contributed by atoms with E-state index in [9.17, 15) is 29.1 Å². The molecule has 1 saturated heterocycles. The fourth-order valence-electron chi connectivity index (χ4n) is 3.42. The summed E-state index contributed by atoms with van der Waals surface area (Å²) in [5.41, 5.74) is 5.90. The van der Waals surface area contributed by atoms with Crippen molar-refractivity contribution in [2.75, 3.05) is 18.6 Å². The van der Waals surface area contributed by atoms with Crippen LogP contribution in [0.5, 0.6) is 0 Å². The van der Waals surface area contributed by atoms with Crippen molar-refractivity contribution in [2.45, 2.75) is 70.1 Å². The summed E-state index contributed by atoms with van der Waals surface area (Å²) in [5, 5.41) is 23.1. The monoisotopic (exact) mass is 474 g/mol. The molecule has 4 atom stereocenters. The second-order valence-corrected chi connectivity index (χ2v) is 9.13. The number of carboxylic acid groups (broad SMARTS) is 2. The Kier molecular flexibility index (Phi) is 11.5. The summed E-state index contributed by atoms with van der Waals surface area (Å²) in [6.07, 6.45) is 2.57. The third kappa shape index (κ3) is 8.30. The third-order valence-corrected chi connectivity index (χ3v) is 5.94. The Bertz CT molecular complexity index is 703. The Hall–Kier alpha value is -2.34. The first-order valence-corrected chi connectivity index (χ1v) is 12.0. The number of amides is 3. The standard InChI is InChI=1S/C20H34N4O7S/c1-11(2)16(23-17(27)12(21)8-10-32-3)19(29)24-9-4-5-14(24)18(28)22-13(20(30)31)6-7-15(25)26/h11-14,16H,4-10,21H2,1-3H3,(H,22,28)(H,23,27)(H,25,26)(H,30,31). The summed E-state index contributed by atoms with van der Waals surface area (Å²) < 4.78 is 0. The van der Waals surface area contributed by atoms with Crippen LogP contribution in [-0.4, -0.2) is 87.5 Å². The van der Waals surface area contributed by atoms with Gasteiger partial charge in [0.15, 0.2) is 0 Å². The first kappa shape index (κ1) is 27.7. The van der Waals surface area contributed by atoms with E-state index in [1.165, 1.54) is 4.90 Å². The fourth-order valence-corrected chi connectivity index (χ4v) is 3.91. The summed E-state index contributed by atoms with van der Waals surface area (Å²) >= 11 is 1.56. The molecule has 0 spiro atoms. The van der Waals surface area contributed by atoms with Crippen LogP contribution >= 0.6 is 11.8 Å². The summed E-state index contributed by atoms with van der Waals surface area (Å²) in [4.78, 5) is 61.9. The van der Waals surface area contributed by atoms with Crippen LogP contribution in [0.2, 0.25) is 0 Å². The van der Waals surface area contributed by atoms with Gasteiger partial charge in [-0.1, -0.05) is 13.8 Å². The van der Waals surface area contributed by atoms with E-state index in [1.807, 2.05) is 6.26 Å².